The summed E-state index contributed by atoms with van der Waals surface area (Å²) in [5.41, 5.74) is -0.186. The summed E-state index contributed by atoms with van der Waals surface area (Å²) in [6, 6.07) is 2.03. The van der Waals surface area contributed by atoms with Crippen molar-refractivity contribution in [2.45, 2.75) is 25.7 Å². The highest BCUT2D eigenvalue weighted by molar-refractivity contribution is 7.80. The van der Waals surface area contributed by atoms with Gasteiger partial charge in [0.1, 0.15) is 24.0 Å². The largest absolute Gasteiger partial charge is 0.763 e. The molecule has 1 unspecified atom stereocenters. The number of hydrogen-bond acceptors (Lipinski definition) is 4. The molecule has 2 aliphatic heterocycles. The Bertz CT molecular complexity index is 565. The first-order valence-electron chi connectivity index (χ1n) is 7.96. The van der Waals surface area contributed by atoms with E-state index in [-0.39, 0.29) is 10.9 Å². The number of piperidine rings is 1. The molecule has 1 aliphatic carbocycles. The van der Waals surface area contributed by atoms with Crippen LogP contribution < -0.4 is 10.2 Å². The predicted octanol–water partition coefficient (Wildman–Crippen LogP) is -0.159. The average Bonchev–Trinajstić information content (AvgIpc) is 2.99. The van der Waals surface area contributed by atoms with Gasteiger partial charge in [0, 0.05) is 11.0 Å². The van der Waals surface area contributed by atoms with Gasteiger partial charge in [-0.3, -0.25) is 10.7 Å². The van der Waals surface area contributed by atoms with Crippen LogP contribution in [0, 0.1) is 22.7 Å². The van der Waals surface area contributed by atoms with E-state index >= 15 is 0 Å². The van der Waals surface area contributed by atoms with Gasteiger partial charge in [-0.1, -0.05) is 25.1 Å². The van der Waals surface area contributed by atoms with Gasteiger partial charge in [0.25, 0.3) is 0 Å². The highest BCUT2D eigenvalue weighted by atomic mass is 32.1. The summed E-state index contributed by atoms with van der Waals surface area (Å²) in [4.78, 5) is 13.5. The van der Waals surface area contributed by atoms with Gasteiger partial charge in [0.05, 0.1) is 26.3 Å². The lowest BCUT2D eigenvalue weighted by Crippen LogP contribution is -3.11. The molecule has 0 radical (unpaired) electrons. The SMILES string of the molecule is C[NH+]1CCOCC1.N#CC1C(=O)NC(=S)C(=C=[N-])C12CCCC2. The van der Waals surface area contributed by atoms with E-state index in [4.69, 9.17) is 27.6 Å². The molecule has 0 bridgehead atoms. The smallest absolute Gasteiger partial charge is 0.243 e. The molecule has 2 saturated heterocycles. The van der Waals surface area contributed by atoms with Crippen molar-refractivity contribution in [3.05, 3.63) is 11.0 Å². The molecule has 23 heavy (non-hydrogen) atoms. The van der Waals surface area contributed by atoms with Gasteiger partial charge in [-0.2, -0.15) is 5.26 Å². The number of rotatable bonds is 0. The number of nitrogens with zero attached hydrogens (tertiary/aromatic N) is 2. The zero-order valence-electron chi connectivity index (χ0n) is 13.4. The molecule has 3 aliphatic rings. The van der Waals surface area contributed by atoms with Crippen LogP contribution in [0.3, 0.4) is 0 Å². The molecule has 2 N–H and O–H groups in total. The minimum atomic E-state index is -0.767. The van der Waals surface area contributed by atoms with Crippen molar-refractivity contribution in [1.82, 2.24) is 5.32 Å². The third-order valence-electron chi connectivity index (χ3n) is 4.86. The summed E-state index contributed by atoms with van der Waals surface area (Å²) in [7, 11) is 2.20. The van der Waals surface area contributed by atoms with E-state index in [9.17, 15) is 4.79 Å². The van der Waals surface area contributed by atoms with E-state index in [1.807, 2.05) is 6.07 Å². The Morgan fingerprint density at radius 3 is 2.43 bits per heavy atom. The topological polar surface area (TPSA) is 88.9 Å². The van der Waals surface area contributed by atoms with E-state index < -0.39 is 11.3 Å². The van der Waals surface area contributed by atoms with Gasteiger partial charge >= 0.3 is 0 Å². The Morgan fingerprint density at radius 1 is 1.39 bits per heavy atom. The first-order valence-corrected chi connectivity index (χ1v) is 8.37. The maximum absolute atomic E-state index is 11.7. The first kappa shape index (κ1) is 17.8. The van der Waals surface area contributed by atoms with Crippen LogP contribution in [0.2, 0.25) is 0 Å². The van der Waals surface area contributed by atoms with E-state index in [1.165, 1.54) is 13.1 Å². The van der Waals surface area contributed by atoms with Crippen LogP contribution in [0.25, 0.3) is 5.41 Å². The van der Waals surface area contributed by atoms with Gasteiger partial charge < -0.3 is 20.4 Å². The maximum atomic E-state index is 11.7. The fourth-order valence-corrected chi connectivity index (χ4v) is 3.83. The molecule has 1 spiro atoms. The number of likely N-dealkylation sites (N-methyl/N-ethyl adjacent to an activating group) is 1. The molecular weight excluding hydrogens is 312 g/mol. The minimum absolute atomic E-state index is 0.209. The number of nitrogens with one attached hydrogen (secondary N) is 2. The summed E-state index contributed by atoms with van der Waals surface area (Å²) < 4.78 is 5.12. The molecule has 7 heteroatoms. The Morgan fingerprint density at radius 2 is 2.00 bits per heavy atom. The van der Waals surface area contributed by atoms with E-state index in [2.05, 4.69) is 18.2 Å². The molecule has 124 valence electrons. The van der Waals surface area contributed by atoms with Crippen LogP contribution in [-0.4, -0.2) is 50.1 Å². The van der Waals surface area contributed by atoms with E-state index in [1.54, 1.807) is 4.90 Å². The van der Waals surface area contributed by atoms with Gasteiger partial charge in [-0.05, 0) is 12.8 Å². The summed E-state index contributed by atoms with van der Waals surface area (Å²) in [6.45, 7) is 4.26. The zero-order valence-corrected chi connectivity index (χ0v) is 14.2. The Hall–Kier alpha value is -1.58. The van der Waals surface area contributed by atoms with E-state index in [0.717, 1.165) is 26.1 Å². The summed E-state index contributed by atoms with van der Waals surface area (Å²) in [5.74, 6) is 0.960. The summed E-state index contributed by atoms with van der Waals surface area (Å²) >= 11 is 5.01. The third kappa shape index (κ3) is 3.67. The second-order valence-electron chi connectivity index (χ2n) is 6.30. The van der Waals surface area contributed by atoms with Crippen molar-refractivity contribution in [1.29, 1.82) is 5.26 Å². The second-order valence-corrected chi connectivity index (χ2v) is 6.71. The molecule has 6 nitrogen and oxygen atoms in total. The van der Waals surface area contributed by atoms with Crippen molar-refractivity contribution < 1.29 is 14.4 Å². The Balaban J connectivity index is 0.000000229. The van der Waals surface area contributed by atoms with Crippen molar-refractivity contribution in [3.63, 3.8) is 0 Å². The minimum Gasteiger partial charge on any atom is -0.763 e. The van der Waals surface area contributed by atoms with Crippen LogP contribution in [0.5, 0.6) is 0 Å². The van der Waals surface area contributed by atoms with Gasteiger partial charge in [-0.15, -0.1) is 0 Å². The summed E-state index contributed by atoms with van der Waals surface area (Å²) in [5, 5.41) is 20.7. The summed E-state index contributed by atoms with van der Waals surface area (Å²) in [6.07, 6.45) is 3.31. The van der Waals surface area contributed by atoms with Gasteiger partial charge in [0.2, 0.25) is 5.91 Å². The number of quaternary nitrogens is 1. The van der Waals surface area contributed by atoms with Crippen molar-refractivity contribution in [2.75, 3.05) is 33.4 Å². The van der Waals surface area contributed by atoms with Crippen LogP contribution in [0.4, 0.5) is 0 Å². The average molecular weight is 334 g/mol. The van der Waals surface area contributed by atoms with Crippen molar-refractivity contribution >= 4 is 29.0 Å². The number of nitriles is 1. The van der Waals surface area contributed by atoms with Gasteiger partial charge in [0.15, 0.2) is 0 Å². The fourth-order valence-electron chi connectivity index (χ4n) is 3.48. The number of hydrogen-bond donors (Lipinski definition) is 2. The predicted molar refractivity (Wildman–Crippen MR) is 90.1 cm³/mol. The van der Waals surface area contributed by atoms with Crippen LogP contribution in [-0.2, 0) is 9.53 Å². The van der Waals surface area contributed by atoms with Crippen molar-refractivity contribution in [3.8, 4) is 6.07 Å². The number of amides is 1. The number of thiocarbonyl (C=S) groups is 1. The fraction of sp³-hybridized carbons (Fsp3) is 0.688. The molecule has 0 aromatic carbocycles. The highest BCUT2D eigenvalue weighted by Gasteiger charge is 2.52. The monoisotopic (exact) mass is 334 g/mol. The highest BCUT2D eigenvalue weighted by Crippen LogP contribution is 2.50. The van der Waals surface area contributed by atoms with Crippen molar-refractivity contribution in [2.24, 2.45) is 11.3 Å². The molecule has 3 fully saturated rings. The first-order chi connectivity index (χ1) is 11.0. The lowest BCUT2D eigenvalue weighted by atomic mass is 9.67. The number of carbonyl (C=O) groups excluding carboxylic acids is 1. The van der Waals surface area contributed by atoms with Crippen LogP contribution >= 0.6 is 12.2 Å². The molecule has 1 amide bonds. The molecule has 0 aromatic rings. The van der Waals surface area contributed by atoms with Gasteiger partial charge in [-0.25, -0.2) is 0 Å². The zero-order chi connectivity index (χ0) is 16.9. The molecule has 0 aromatic heterocycles. The quantitative estimate of drug-likeness (QED) is 0.366. The molecular formula is C16H22N4O2S. The lowest BCUT2D eigenvalue weighted by molar-refractivity contribution is -0.888. The molecule has 2 heterocycles. The molecule has 1 atom stereocenters. The second kappa shape index (κ2) is 7.80. The third-order valence-corrected chi connectivity index (χ3v) is 5.17. The molecule has 3 rings (SSSR count). The maximum Gasteiger partial charge on any atom is 0.243 e. The Kier molecular flexibility index (Phi) is 6.03. The normalized spacial score (nSPS) is 26.8. The standard InChI is InChI=1S/C11H10N3OS.C5H11NO/c12-5-7-9(15)14-10(16)8(6-13)11(7)3-1-2-4-11;1-6-2-4-7-5-3-6/h7H,1-4H2,(H,14,15,16);2-5H2,1H3/q-1;/p+1. The number of carbonyl (C=O) groups is 1. The lowest BCUT2D eigenvalue weighted by Gasteiger charge is -2.39. The molecule has 1 saturated carbocycles. The number of ether oxygens (including phenoxy) is 1. The van der Waals surface area contributed by atoms with Crippen LogP contribution in [0.15, 0.2) is 5.57 Å². The number of morpholine rings is 1. The van der Waals surface area contributed by atoms with Crippen LogP contribution in [0.1, 0.15) is 25.7 Å². The Labute approximate surface area is 142 Å². The van der Waals surface area contributed by atoms with E-state index in [0.29, 0.717) is 18.4 Å².